The number of hydrogen-bond donors (Lipinski definition) is 3. The van der Waals surface area contributed by atoms with Crippen LogP contribution in [-0.4, -0.2) is 11.8 Å². The fraction of sp³-hybridized carbons (Fsp3) is 0. The normalized spacial score (nSPS) is 10.7. The molecule has 25 heavy (non-hydrogen) atoms. The number of nitrogen functional groups attached to an aromatic ring is 1. The Morgan fingerprint density at radius 3 is 2.36 bits per heavy atom. The molecule has 2 amide bonds. The van der Waals surface area contributed by atoms with Crippen LogP contribution in [0.5, 0.6) is 0 Å². The largest absolute Gasteiger partial charge is 0.399 e. The van der Waals surface area contributed by atoms with Crippen molar-refractivity contribution < 1.29 is 9.59 Å². The molecule has 0 saturated heterocycles. The van der Waals surface area contributed by atoms with Gasteiger partial charge in [0.2, 0.25) is 0 Å². The van der Waals surface area contributed by atoms with Gasteiger partial charge in [-0.3, -0.25) is 9.59 Å². The van der Waals surface area contributed by atoms with Gasteiger partial charge in [-0.05, 0) is 42.5 Å². The van der Waals surface area contributed by atoms with Gasteiger partial charge >= 0.3 is 0 Å². The summed E-state index contributed by atoms with van der Waals surface area (Å²) in [5, 5.41) is 14.6. The van der Waals surface area contributed by atoms with Crippen molar-refractivity contribution in [2.24, 2.45) is 0 Å². The van der Waals surface area contributed by atoms with Gasteiger partial charge in [0.1, 0.15) is 11.6 Å². The second kappa shape index (κ2) is 8.20. The second-order valence-corrected chi connectivity index (χ2v) is 5.66. The van der Waals surface area contributed by atoms with Gasteiger partial charge in [-0.25, -0.2) is 0 Å². The molecule has 6 nitrogen and oxygen atoms in total. The van der Waals surface area contributed by atoms with Crippen LogP contribution in [0.15, 0.2) is 54.2 Å². The number of anilines is 2. The van der Waals surface area contributed by atoms with Gasteiger partial charge in [0, 0.05) is 23.1 Å². The van der Waals surface area contributed by atoms with Crippen LogP contribution >= 0.6 is 23.2 Å². The molecule has 0 saturated carbocycles. The minimum absolute atomic E-state index is 0.263. The molecule has 0 aliphatic carbocycles. The highest BCUT2D eigenvalue weighted by Gasteiger charge is 2.11. The summed E-state index contributed by atoms with van der Waals surface area (Å²) in [5.41, 5.74) is 6.49. The zero-order valence-corrected chi connectivity index (χ0v) is 14.2. The first kappa shape index (κ1) is 18.3. The fourth-order valence-electron chi connectivity index (χ4n) is 1.78. The van der Waals surface area contributed by atoms with Crippen molar-refractivity contribution in [3.05, 3.63) is 69.8 Å². The van der Waals surface area contributed by atoms with Gasteiger partial charge in [-0.15, -0.1) is 0 Å². The monoisotopic (exact) mass is 374 g/mol. The lowest BCUT2D eigenvalue weighted by molar-refractivity contribution is -0.112. The van der Waals surface area contributed by atoms with Crippen LogP contribution < -0.4 is 16.4 Å². The highest BCUT2D eigenvalue weighted by molar-refractivity contribution is 6.42. The van der Waals surface area contributed by atoms with E-state index in [0.717, 1.165) is 6.20 Å². The van der Waals surface area contributed by atoms with Crippen LogP contribution in [0.4, 0.5) is 11.4 Å². The highest BCUT2D eigenvalue weighted by atomic mass is 35.5. The van der Waals surface area contributed by atoms with E-state index in [2.05, 4.69) is 10.6 Å². The van der Waals surface area contributed by atoms with Crippen molar-refractivity contribution >= 4 is 46.4 Å². The highest BCUT2D eigenvalue weighted by Crippen LogP contribution is 2.25. The van der Waals surface area contributed by atoms with Crippen molar-refractivity contribution in [1.29, 1.82) is 5.26 Å². The van der Waals surface area contributed by atoms with Crippen molar-refractivity contribution in [3.63, 3.8) is 0 Å². The number of benzene rings is 2. The number of amides is 2. The zero-order chi connectivity index (χ0) is 18.4. The Balaban J connectivity index is 2.07. The molecule has 0 aliphatic rings. The summed E-state index contributed by atoms with van der Waals surface area (Å²) in [5.74, 6) is -1.17. The molecule has 0 aliphatic heterocycles. The first-order chi connectivity index (χ1) is 11.9. The van der Waals surface area contributed by atoms with E-state index in [0.29, 0.717) is 22.0 Å². The number of carbonyl (C=O) groups is 2. The molecular weight excluding hydrogens is 363 g/mol. The van der Waals surface area contributed by atoms with Gasteiger partial charge in [-0.2, -0.15) is 5.26 Å². The summed E-state index contributed by atoms with van der Waals surface area (Å²) in [4.78, 5) is 24.1. The molecule has 0 heterocycles. The van der Waals surface area contributed by atoms with Crippen LogP contribution in [0, 0.1) is 11.3 Å². The Labute approximate surface area is 153 Å². The number of nitrogens with one attached hydrogen (secondary N) is 2. The summed E-state index contributed by atoms with van der Waals surface area (Å²) in [6, 6.07) is 12.4. The van der Waals surface area contributed by atoms with Gasteiger partial charge in [-0.1, -0.05) is 23.2 Å². The van der Waals surface area contributed by atoms with Crippen molar-refractivity contribution in [2.45, 2.75) is 0 Å². The fourth-order valence-corrected chi connectivity index (χ4v) is 2.07. The second-order valence-electron chi connectivity index (χ2n) is 4.85. The molecular formula is C17H12Cl2N4O2. The van der Waals surface area contributed by atoms with E-state index < -0.39 is 11.8 Å². The summed E-state index contributed by atoms with van der Waals surface area (Å²) < 4.78 is 0. The van der Waals surface area contributed by atoms with E-state index in [4.69, 9.17) is 34.2 Å². The Bertz CT molecular complexity index is 887. The average molecular weight is 375 g/mol. The quantitative estimate of drug-likeness (QED) is 0.433. The third kappa shape index (κ3) is 4.98. The van der Waals surface area contributed by atoms with E-state index in [9.17, 15) is 9.59 Å². The number of nitrogens with two attached hydrogens (primary N) is 1. The molecule has 0 bridgehead atoms. The summed E-state index contributed by atoms with van der Waals surface area (Å²) in [7, 11) is 0. The van der Waals surface area contributed by atoms with Crippen LogP contribution in [0.25, 0.3) is 0 Å². The molecule has 2 rings (SSSR count). The van der Waals surface area contributed by atoms with E-state index >= 15 is 0 Å². The van der Waals surface area contributed by atoms with Crippen LogP contribution in [0.3, 0.4) is 0 Å². The van der Waals surface area contributed by atoms with Gasteiger partial charge < -0.3 is 16.4 Å². The molecule has 0 aromatic heterocycles. The minimum atomic E-state index is -0.696. The maximum absolute atomic E-state index is 12.1. The van der Waals surface area contributed by atoms with E-state index in [1.54, 1.807) is 18.2 Å². The number of halogens is 2. The molecule has 0 spiro atoms. The minimum Gasteiger partial charge on any atom is -0.399 e. The molecule has 0 unspecified atom stereocenters. The summed E-state index contributed by atoms with van der Waals surface area (Å²) in [6.07, 6.45) is 1.03. The van der Waals surface area contributed by atoms with E-state index in [-0.39, 0.29) is 10.6 Å². The lowest BCUT2D eigenvalue weighted by atomic mass is 10.2. The number of nitriles is 1. The Hall–Kier alpha value is -3.01. The number of carbonyl (C=O) groups excluding carboxylic acids is 2. The SMILES string of the molecule is N#C/C(=C/NC(=O)c1ccc(N)cc1)C(=O)Nc1ccc(Cl)c(Cl)c1. The molecule has 2 aromatic carbocycles. The summed E-state index contributed by atoms with van der Waals surface area (Å²) >= 11 is 11.7. The third-order valence-corrected chi connectivity index (χ3v) is 3.80. The number of rotatable bonds is 4. The van der Waals surface area contributed by atoms with Crippen LogP contribution in [0.2, 0.25) is 10.0 Å². The predicted molar refractivity (Wildman–Crippen MR) is 97.1 cm³/mol. The lowest BCUT2D eigenvalue weighted by Crippen LogP contribution is -2.21. The molecule has 8 heteroatoms. The van der Waals surface area contributed by atoms with Gasteiger partial charge in [0.25, 0.3) is 11.8 Å². The molecule has 0 fully saturated rings. The molecule has 4 N–H and O–H groups in total. The Kier molecular flexibility index (Phi) is 6.01. The van der Waals surface area contributed by atoms with E-state index in [1.807, 2.05) is 0 Å². The van der Waals surface area contributed by atoms with Gasteiger partial charge in [0.05, 0.1) is 10.0 Å². The van der Waals surface area contributed by atoms with Gasteiger partial charge in [0.15, 0.2) is 0 Å². The number of hydrogen-bond acceptors (Lipinski definition) is 4. The van der Waals surface area contributed by atoms with Crippen LogP contribution in [0.1, 0.15) is 10.4 Å². The Morgan fingerprint density at radius 1 is 1.08 bits per heavy atom. The third-order valence-electron chi connectivity index (χ3n) is 3.06. The molecule has 2 aromatic rings. The average Bonchev–Trinajstić information content (AvgIpc) is 2.59. The number of nitrogens with zero attached hydrogens (tertiary/aromatic N) is 1. The van der Waals surface area contributed by atoms with Crippen molar-refractivity contribution in [2.75, 3.05) is 11.1 Å². The zero-order valence-electron chi connectivity index (χ0n) is 12.7. The maximum atomic E-state index is 12.1. The lowest BCUT2D eigenvalue weighted by Gasteiger charge is -2.06. The maximum Gasteiger partial charge on any atom is 0.267 e. The first-order valence-corrected chi connectivity index (χ1v) is 7.69. The van der Waals surface area contributed by atoms with E-state index in [1.165, 1.54) is 30.3 Å². The molecule has 0 atom stereocenters. The summed E-state index contributed by atoms with van der Waals surface area (Å²) in [6.45, 7) is 0. The molecule has 0 radical (unpaired) electrons. The van der Waals surface area contributed by atoms with Crippen LogP contribution in [-0.2, 0) is 4.79 Å². The smallest absolute Gasteiger partial charge is 0.267 e. The standard InChI is InChI=1S/C17H12Cl2N4O2/c18-14-6-5-13(7-15(14)19)23-17(25)11(8-20)9-22-16(24)10-1-3-12(21)4-2-10/h1-7,9H,21H2,(H,22,24)(H,23,25)/b11-9-. The predicted octanol–water partition coefficient (Wildman–Crippen LogP) is 3.35. The topological polar surface area (TPSA) is 108 Å². The molecule has 126 valence electrons. The Morgan fingerprint density at radius 2 is 1.76 bits per heavy atom. The van der Waals surface area contributed by atoms with Crippen molar-refractivity contribution in [1.82, 2.24) is 5.32 Å². The van der Waals surface area contributed by atoms with Crippen molar-refractivity contribution in [3.8, 4) is 6.07 Å². The first-order valence-electron chi connectivity index (χ1n) is 6.94.